The molecule has 0 saturated heterocycles. The molecule has 0 atom stereocenters. The van der Waals surface area contributed by atoms with Crippen LogP contribution in [0.4, 0.5) is 10.1 Å². The van der Waals surface area contributed by atoms with Gasteiger partial charge in [-0.2, -0.15) is 9.78 Å². The highest BCUT2D eigenvalue weighted by molar-refractivity contribution is 7.89. The maximum Gasteiger partial charge on any atom is 0.356 e. The molecule has 2 heterocycles. The Morgan fingerprint density at radius 1 is 1.15 bits per heavy atom. The minimum atomic E-state index is -4.18. The largest absolute Gasteiger partial charge is 0.476 e. The Labute approximate surface area is 223 Å². The van der Waals surface area contributed by atoms with Crippen LogP contribution in [0.3, 0.4) is 0 Å². The van der Waals surface area contributed by atoms with Crippen molar-refractivity contribution in [3.63, 3.8) is 0 Å². The molecule has 1 amide bonds. The molecule has 0 fully saturated rings. The first-order chi connectivity index (χ1) is 18.5. The van der Waals surface area contributed by atoms with E-state index in [1.54, 1.807) is 0 Å². The van der Waals surface area contributed by atoms with Gasteiger partial charge in [0, 0.05) is 17.8 Å². The van der Waals surface area contributed by atoms with Crippen LogP contribution < -0.4 is 14.8 Å². The number of hydrogen-bond donors (Lipinski definition) is 3. The summed E-state index contributed by atoms with van der Waals surface area (Å²) >= 11 is 0. The van der Waals surface area contributed by atoms with Gasteiger partial charge in [0.15, 0.2) is 11.5 Å². The number of hydrogen-bond acceptors (Lipinski definition) is 7. The van der Waals surface area contributed by atoms with Crippen molar-refractivity contribution in [1.29, 1.82) is 0 Å². The van der Waals surface area contributed by atoms with Gasteiger partial charge >= 0.3 is 5.97 Å². The molecule has 0 aliphatic carbocycles. The van der Waals surface area contributed by atoms with Gasteiger partial charge < -0.3 is 19.6 Å². The van der Waals surface area contributed by atoms with Crippen molar-refractivity contribution in [3.05, 3.63) is 83.7 Å². The predicted molar refractivity (Wildman–Crippen MR) is 138 cm³/mol. The van der Waals surface area contributed by atoms with Crippen LogP contribution in [0.15, 0.2) is 70.2 Å². The third kappa shape index (κ3) is 6.16. The van der Waals surface area contributed by atoms with Crippen LogP contribution in [0.25, 0.3) is 5.69 Å². The second-order valence-corrected chi connectivity index (χ2v) is 10.7. The van der Waals surface area contributed by atoms with Gasteiger partial charge in [-0.15, -0.1) is 0 Å². The van der Waals surface area contributed by atoms with E-state index in [0.29, 0.717) is 0 Å². The molecule has 2 aromatic heterocycles. The van der Waals surface area contributed by atoms with Gasteiger partial charge in [-0.3, -0.25) is 4.79 Å². The molecule has 39 heavy (non-hydrogen) atoms. The predicted octanol–water partition coefficient (Wildman–Crippen LogP) is 4.59. The first-order valence-corrected chi connectivity index (χ1v) is 13.2. The smallest absolute Gasteiger partial charge is 0.356 e. The maximum absolute atomic E-state index is 14.0. The third-order valence-corrected chi connectivity index (χ3v) is 6.89. The van der Waals surface area contributed by atoms with Crippen LogP contribution in [-0.2, 0) is 10.0 Å². The Hall–Kier alpha value is -4.49. The molecule has 204 valence electrons. The average molecular weight is 557 g/mol. The fourth-order valence-electron chi connectivity index (χ4n) is 3.53. The number of aromatic carboxylic acids is 1. The molecule has 13 heteroatoms. The number of rotatable bonds is 10. The highest BCUT2D eigenvalue weighted by Gasteiger charge is 2.27. The van der Waals surface area contributed by atoms with E-state index in [1.807, 2.05) is 13.8 Å². The fourth-order valence-corrected chi connectivity index (χ4v) is 4.89. The highest BCUT2D eigenvalue weighted by atomic mass is 32.2. The van der Waals surface area contributed by atoms with E-state index in [0.717, 1.165) is 10.7 Å². The lowest BCUT2D eigenvalue weighted by Gasteiger charge is -2.16. The normalized spacial score (nSPS) is 11.5. The number of benzene rings is 2. The number of furan rings is 1. The average Bonchev–Trinajstić information content (AvgIpc) is 3.53. The molecule has 4 aromatic rings. The second-order valence-electron chi connectivity index (χ2n) is 8.92. The molecule has 0 aliphatic heterocycles. The van der Waals surface area contributed by atoms with Crippen molar-refractivity contribution in [2.24, 2.45) is 5.92 Å². The van der Waals surface area contributed by atoms with E-state index in [9.17, 15) is 27.5 Å². The van der Waals surface area contributed by atoms with Crippen molar-refractivity contribution in [2.75, 3.05) is 11.9 Å². The standard InChI is InChI=1S/C26H25FN4O7S/c1-15(2)14-28-39(35,36)22-13-18(29-24(32)21-8-5-11-37-21)9-10-20(22)38-25-16(3)23(26(33)34)30-31(25)19-7-4-6-17(27)12-19/h4-13,15,28H,14H2,1-3H3,(H,29,32)(H,33,34). The SMILES string of the molecule is Cc1c(C(=O)O)nn(-c2cccc(F)c2)c1Oc1ccc(NC(=O)c2ccco2)cc1S(=O)(=O)NCC(C)C. The fraction of sp³-hybridized carbons (Fsp3) is 0.192. The minimum Gasteiger partial charge on any atom is -0.476 e. The van der Waals surface area contributed by atoms with Gasteiger partial charge in [0.1, 0.15) is 16.5 Å². The van der Waals surface area contributed by atoms with Crippen LogP contribution in [0.1, 0.15) is 40.5 Å². The molecule has 0 saturated carbocycles. The number of carbonyl (C=O) groups excluding carboxylic acids is 1. The number of amides is 1. The number of halogens is 1. The highest BCUT2D eigenvalue weighted by Crippen LogP contribution is 2.35. The van der Waals surface area contributed by atoms with E-state index < -0.39 is 27.7 Å². The van der Waals surface area contributed by atoms with Gasteiger partial charge in [0.2, 0.25) is 15.9 Å². The van der Waals surface area contributed by atoms with Gasteiger partial charge in [0.25, 0.3) is 5.91 Å². The summed E-state index contributed by atoms with van der Waals surface area (Å²) < 4.78 is 55.3. The summed E-state index contributed by atoms with van der Waals surface area (Å²) in [6.07, 6.45) is 1.33. The van der Waals surface area contributed by atoms with Crippen molar-refractivity contribution in [1.82, 2.24) is 14.5 Å². The summed E-state index contributed by atoms with van der Waals surface area (Å²) in [7, 11) is -4.18. The summed E-state index contributed by atoms with van der Waals surface area (Å²) in [6.45, 7) is 5.21. The zero-order chi connectivity index (χ0) is 28.3. The van der Waals surface area contributed by atoms with Crippen molar-refractivity contribution < 1.29 is 36.7 Å². The minimum absolute atomic E-state index is 0.0132. The Kier molecular flexibility index (Phi) is 7.83. The topological polar surface area (TPSA) is 153 Å². The number of carbonyl (C=O) groups is 2. The van der Waals surface area contributed by atoms with Crippen LogP contribution in [0, 0.1) is 18.7 Å². The number of ether oxygens (including phenoxy) is 1. The van der Waals surface area contributed by atoms with Gasteiger partial charge in [-0.05, 0) is 61.4 Å². The van der Waals surface area contributed by atoms with Crippen LogP contribution in [-0.4, -0.2) is 41.7 Å². The van der Waals surface area contributed by atoms with E-state index in [1.165, 1.54) is 61.7 Å². The molecule has 0 unspecified atom stereocenters. The lowest BCUT2D eigenvalue weighted by atomic mass is 10.2. The summed E-state index contributed by atoms with van der Waals surface area (Å²) in [5.74, 6) is -2.85. The zero-order valence-electron chi connectivity index (χ0n) is 21.1. The monoisotopic (exact) mass is 556 g/mol. The Balaban J connectivity index is 1.81. The maximum atomic E-state index is 14.0. The molecule has 11 nitrogen and oxygen atoms in total. The number of nitrogens with zero attached hydrogens (tertiary/aromatic N) is 2. The molecule has 0 aliphatic rings. The van der Waals surface area contributed by atoms with Crippen LogP contribution in [0.2, 0.25) is 0 Å². The lowest BCUT2D eigenvalue weighted by molar-refractivity contribution is 0.0689. The molecule has 2 aromatic carbocycles. The molecule has 0 bridgehead atoms. The van der Waals surface area contributed by atoms with Crippen LogP contribution in [0.5, 0.6) is 11.6 Å². The number of carboxylic acids is 1. The Morgan fingerprint density at radius 2 is 1.92 bits per heavy atom. The Morgan fingerprint density at radius 3 is 2.56 bits per heavy atom. The van der Waals surface area contributed by atoms with E-state index in [-0.39, 0.29) is 57.4 Å². The molecular weight excluding hydrogens is 531 g/mol. The van der Waals surface area contributed by atoms with E-state index >= 15 is 0 Å². The first kappa shape index (κ1) is 27.5. The van der Waals surface area contributed by atoms with Crippen molar-refractivity contribution in [2.45, 2.75) is 25.7 Å². The third-order valence-electron chi connectivity index (χ3n) is 5.45. The molecular formula is C26H25FN4O7S. The summed E-state index contributed by atoms with van der Waals surface area (Å²) in [5, 5.41) is 16.2. The second kappa shape index (κ2) is 11.1. The summed E-state index contributed by atoms with van der Waals surface area (Å²) in [5.41, 5.74) is 0.0138. The quantitative estimate of drug-likeness (QED) is 0.256. The molecule has 0 radical (unpaired) electrons. The molecule has 3 N–H and O–H groups in total. The number of aromatic nitrogens is 2. The number of anilines is 1. The first-order valence-electron chi connectivity index (χ1n) is 11.7. The molecule has 4 rings (SSSR count). The Bertz CT molecular complexity index is 1630. The lowest BCUT2D eigenvalue weighted by Crippen LogP contribution is -2.28. The van der Waals surface area contributed by atoms with E-state index in [4.69, 9.17) is 9.15 Å². The summed E-state index contributed by atoms with van der Waals surface area (Å²) in [4.78, 5) is 23.9. The van der Waals surface area contributed by atoms with E-state index in [2.05, 4.69) is 15.1 Å². The van der Waals surface area contributed by atoms with Gasteiger partial charge in [-0.25, -0.2) is 22.3 Å². The summed E-state index contributed by atoms with van der Waals surface area (Å²) in [6, 6.07) is 12.1. The zero-order valence-corrected chi connectivity index (χ0v) is 22.0. The van der Waals surface area contributed by atoms with Crippen LogP contribution >= 0.6 is 0 Å². The van der Waals surface area contributed by atoms with Gasteiger partial charge in [0.05, 0.1) is 12.0 Å². The number of sulfonamides is 1. The van der Waals surface area contributed by atoms with Gasteiger partial charge in [-0.1, -0.05) is 19.9 Å². The number of nitrogens with one attached hydrogen (secondary N) is 2. The van der Waals surface area contributed by atoms with Crippen molar-refractivity contribution in [3.8, 4) is 17.3 Å². The molecule has 0 spiro atoms. The number of carboxylic acid groups (broad SMARTS) is 1. The van der Waals surface area contributed by atoms with Crippen molar-refractivity contribution >= 4 is 27.6 Å².